The molecule has 0 bridgehead atoms. The molecule has 0 aliphatic heterocycles. The van der Waals surface area contributed by atoms with Gasteiger partial charge < -0.3 is 10.4 Å². The van der Waals surface area contributed by atoms with E-state index in [0.717, 1.165) is 13.0 Å². The Morgan fingerprint density at radius 2 is 2.22 bits per heavy atom. The van der Waals surface area contributed by atoms with Crippen molar-refractivity contribution in [3.63, 3.8) is 0 Å². The van der Waals surface area contributed by atoms with E-state index in [-0.39, 0.29) is 5.69 Å². The average molecular weight is 263 g/mol. The van der Waals surface area contributed by atoms with Gasteiger partial charge in [0.15, 0.2) is 5.69 Å². The summed E-state index contributed by atoms with van der Waals surface area (Å²) in [6.45, 7) is 2.83. The van der Waals surface area contributed by atoms with Gasteiger partial charge in [-0.3, -0.25) is 0 Å². The molecule has 0 amide bonds. The first-order valence-electron chi connectivity index (χ1n) is 5.49. The van der Waals surface area contributed by atoms with E-state index < -0.39 is 5.97 Å². The number of aromatic carboxylic acids is 1. The molecule has 0 aromatic carbocycles. The van der Waals surface area contributed by atoms with Crippen molar-refractivity contribution in [1.29, 1.82) is 0 Å². The van der Waals surface area contributed by atoms with Crippen molar-refractivity contribution < 1.29 is 9.90 Å². The van der Waals surface area contributed by atoms with E-state index in [2.05, 4.69) is 34.3 Å². The molecule has 0 radical (unpaired) electrons. The molecule has 0 unspecified atom stereocenters. The molecule has 0 aliphatic rings. The fourth-order valence-electron chi connectivity index (χ4n) is 1.46. The summed E-state index contributed by atoms with van der Waals surface area (Å²) in [7, 11) is 0. The molecule has 18 heavy (non-hydrogen) atoms. The number of nitrogens with zero attached hydrogens (tertiary/aromatic N) is 2. The van der Waals surface area contributed by atoms with Gasteiger partial charge >= 0.3 is 5.97 Å². The molecule has 2 heterocycles. The number of rotatable bonds is 5. The second-order valence-electron chi connectivity index (χ2n) is 3.78. The molecule has 0 aliphatic carbocycles. The Balaban J connectivity index is 1.85. The van der Waals surface area contributed by atoms with Gasteiger partial charge in [0, 0.05) is 16.3 Å². The van der Waals surface area contributed by atoms with Gasteiger partial charge in [0.2, 0.25) is 0 Å². The topological polar surface area (TPSA) is 75.1 Å². The molecule has 2 aromatic rings. The number of anilines is 1. The highest BCUT2D eigenvalue weighted by molar-refractivity contribution is 7.11. The van der Waals surface area contributed by atoms with Crippen LogP contribution in [0.3, 0.4) is 0 Å². The molecule has 94 valence electrons. The number of aromatic nitrogens is 2. The first-order chi connectivity index (χ1) is 8.65. The van der Waals surface area contributed by atoms with Crippen LogP contribution in [0.15, 0.2) is 24.5 Å². The molecule has 2 N–H and O–H groups in total. The third-order valence-electron chi connectivity index (χ3n) is 2.34. The lowest BCUT2D eigenvalue weighted by Crippen LogP contribution is -2.07. The number of aryl methyl sites for hydroxylation is 1. The summed E-state index contributed by atoms with van der Waals surface area (Å²) in [5.74, 6) is -0.476. The van der Waals surface area contributed by atoms with Gasteiger partial charge in [-0.05, 0) is 25.5 Å². The highest BCUT2D eigenvalue weighted by Crippen LogP contribution is 2.15. The van der Waals surface area contributed by atoms with Crippen molar-refractivity contribution >= 4 is 23.1 Å². The molecule has 0 spiro atoms. The summed E-state index contributed by atoms with van der Waals surface area (Å²) in [5.41, 5.74) is -0.0468. The van der Waals surface area contributed by atoms with Crippen LogP contribution in [-0.4, -0.2) is 27.6 Å². The Morgan fingerprint density at radius 1 is 1.39 bits per heavy atom. The third-order valence-corrected chi connectivity index (χ3v) is 3.40. The molecule has 0 fully saturated rings. The molecule has 5 nitrogen and oxygen atoms in total. The summed E-state index contributed by atoms with van der Waals surface area (Å²) >= 11 is 1.78. The smallest absolute Gasteiger partial charge is 0.356 e. The van der Waals surface area contributed by atoms with Gasteiger partial charge in [-0.2, -0.15) is 0 Å². The van der Waals surface area contributed by atoms with Crippen LogP contribution < -0.4 is 5.32 Å². The van der Waals surface area contributed by atoms with Crippen LogP contribution in [0.2, 0.25) is 0 Å². The van der Waals surface area contributed by atoms with Crippen molar-refractivity contribution in [2.45, 2.75) is 13.3 Å². The minimum atomic E-state index is -1.07. The first kappa shape index (κ1) is 12.5. The second-order valence-corrected chi connectivity index (χ2v) is 5.15. The maximum Gasteiger partial charge on any atom is 0.356 e. The molecule has 2 aromatic heterocycles. The van der Waals surface area contributed by atoms with Crippen LogP contribution in [0, 0.1) is 6.92 Å². The van der Waals surface area contributed by atoms with E-state index in [1.165, 1.54) is 22.1 Å². The van der Waals surface area contributed by atoms with Gasteiger partial charge in [-0.15, -0.1) is 11.3 Å². The highest BCUT2D eigenvalue weighted by Gasteiger charge is 2.04. The van der Waals surface area contributed by atoms with E-state index >= 15 is 0 Å². The van der Waals surface area contributed by atoms with E-state index in [1.807, 2.05) is 0 Å². The maximum atomic E-state index is 10.6. The van der Waals surface area contributed by atoms with E-state index in [1.54, 1.807) is 11.3 Å². The van der Waals surface area contributed by atoms with Gasteiger partial charge in [-0.25, -0.2) is 14.8 Å². The Morgan fingerprint density at radius 3 is 2.78 bits per heavy atom. The van der Waals surface area contributed by atoms with Gasteiger partial charge in [-0.1, -0.05) is 0 Å². The van der Waals surface area contributed by atoms with Crippen LogP contribution in [0.5, 0.6) is 0 Å². The molecule has 2 rings (SSSR count). The fourth-order valence-corrected chi connectivity index (χ4v) is 2.35. The normalized spacial score (nSPS) is 10.3. The zero-order chi connectivity index (χ0) is 13.0. The lowest BCUT2D eigenvalue weighted by Gasteiger charge is -2.03. The summed E-state index contributed by atoms with van der Waals surface area (Å²) in [5, 5.41) is 11.8. The first-order valence-corrected chi connectivity index (χ1v) is 6.31. The summed E-state index contributed by atoms with van der Waals surface area (Å²) in [6.07, 6.45) is 3.60. The largest absolute Gasteiger partial charge is 0.476 e. The summed E-state index contributed by atoms with van der Waals surface area (Å²) in [4.78, 5) is 21.0. The van der Waals surface area contributed by atoms with Crippen LogP contribution in [0.4, 0.5) is 5.82 Å². The van der Waals surface area contributed by atoms with Crippen molar-refractivity contribution in [1.82, 2.24) is 9.97 Å². The second kappa shape index (κ2) is 5.59. The Labute approximate surface area is 109 Å². The molecular formula is C12H13N3O2S. The van der Waals surface area contributed by atoms with Gasteiger partial charge in [0.1, 0.15) is 5.82 Å². The third kappa shape index (κ3) is 3.27. The Bertz CT molecular complexity index is 537. The number of thiophene rings is 1. The average Bonchev–Trinajstić information content (AvgIpc) is 2.76. The fraction of sp³-hybridized carbons (Fsp3) is 0.250. The maximum absolute atomic E-state index is 10.6. The molecule has 0 saturated carbocycles. The summed E-state index contributed by atoms with van der Waals surface area (Å²) in [6, 6.07) is 4.21. The Hall–Kier alpha value is -1.95. The van der Waals surface area contributed by atoms with Crippen molar-refractivity contribution in [3.8, 4) is 0 Å². The van der Waals surface area contributed by atoms with Crippen LogP contribution in [-0.2, 0) is 6.42 Å². The number of nitrogens with one attached hydrogen (secondary N) is 1. The lowest BCUT2D eigenvalue weighted by molar-refractivity contribution is 0.0690. The molecule has 0 saturated heterocycles. The predicted molar refractivity (Wildman–Crippen MR) is 70.2 cm³/mol. The highest BCUT2D eigenvalue weighted by atomic mass is 32.1. The predicted octanol–water partition coefficient (Wildman–Crippen LogP) is 2.20. The number of carbonyl (C=O) groups is 1. The quantitative estimate of drug-likeness (QED) is 0.865. The number of hydrogen-bond donors (Lipinski definition) is 2. The molecule has 0 atom stereocenters. The van der Waals surface area contributed by atoms with Crippen molar-refractivity contribution in [2.75, 3.05) is 11.9 Å². The standard InChI is InChI=1S/C12H13N3O2S/c1-8-2-3-9(18-8)4-5-13-11-7-14-10(6-15-11)12(16)17/h2-3,6-7H,4-5H2,1H3,(H,13,15)(H,16,17). The number of carboxylic acid groups (broad SMARTS) is 1. The lowest BCUT2D eigenvalue weighted by atomic mass is 10.3. The van der Waals surface area contributed by atoms with Crippen LogP contribution in [0.25, 0.3) is 0 Å². The molecular weight excluding hydrogens is 250 g/mol. The number of carboxylic acids is 1. The minimum Gasteiger partial charge on any atom is -0.476 e. The van der Waals surface area contributed by atoms with Crippen LogP contribution in [0.1, 0.15) is 20.2 Å². The zero-order valence-corrected chi connectivity index (χ0v) is 10.7. The van der Waals surface area contributed by atoms with E-state index in [0.29, 0.717) is 5.82 Å². The van der Waals surface area contributed by atoms with Gasteiger partial charge in [0.25, 0.3) is 0 Å². The number of hydrogen-bond acceptors (Lipinski definition) is 5. The van der Waals surface area contributed by atoms with Crippen molar-refractivity contribution in [3.05, 3.63) is 40.0 Å². The zero-order valence-electron chi connectivity index (χ0n) is 9.88. The van der Waals surface area contributed by atoms with E-state index in [4.69, 9.17) is 5.11 Å². The molecule has 6 heteroatoms. The van der Waals surface area contributed by atoms with Crippen LogP contribution >= 0.6 is 11.3 Å². The van der Waals surface area contributed by atoms with Crippen molar-refractivity contribution in [2.24, 2.45) is 0 Å². The monoisotopic (exact) mass is 263 g/mol. The van der Waals surface area contributed by atoms with Gasteiger partial charge in [0.05, 0.1) is 12.4 Å². The Kier molecular flexibility index (Phi) is 3.88. The summed E-state index contributed by atoms with van der Waals surface area (Å²) < 4.78 is 0. The SMILES string of the molecule is Cc1ccc(CCNc2cnc(C(=O)O)cn2)s1. The van der Waals surface area contributed by atoms with E-state index in [9.17, 15) is 4.79 Å². The minimum absolute atomic E-state index is 0.0468.